The van der Waals surface area contributed by atoms with E-state index >= 15 is 0 Å². The molecule has 3 rings (SSSR count). The second kappa shape index (κ2) is 4.38. The summed E-state index contributed by atoms with van der Waals surface area (Å²) in [6.07, 6.45) is 1.12. The van der Waals surface area contributed by atoms with Crippen LogP contribution < -0.4 is 0 Å². The highest BCUT2D eigenvalue weighted by atomic mass is 14.2. The van der Waals surface area contributed by atoms with Crippen LogP contribution in [-0.4, -0.2) is 0 Å². The van der Waals surface area contributed by atoms with Gasteiger partial charge in [-0.25, -0.2) is 0 Å². The Morgan fingerprint density at radius 2 is 1.26 bits per heavy atom. The van der Waals surface area contributed by atoms with Crippen LogP contribution in [-0.2, 0) is 6.42 Å². The molecule has 0 amide bonds. The third kappa shape index (κ3) is 2.63. The fourth-order valence-electron chi connectivity index (χ4n) is 2.71. The van der Waals surface area contributed by atoms with Crippen molar-refractivity contribution >= 4 is 21.5 Å². The van der Waals surface area contributed by atoms with E-state index in [-0.39, 0.29) is 0 Å². The fourth-order valence-corrected chi connectivity index (χ4v) is 2.71. The van der Waals surface area contributed by atoms with Crippen LogP contribution in [0.2, 0.25) is 0 Å². The predicted molar refractivity (Wildman–Crippen MR) is 84.6 cm³/mol. The lowest BCUT2D eigenvalue weighted by molar-refractivity contribution is 0.411. The minimum atomic E-state index is 0.338. The van der Waals surface area contributed by atoms with Crippen LogP contribution >= 0.6 is 0 Å². The van der Waals surface area contributed by atoms with Gasteiger partial charge in [0, 0.05) is 0 Å². The quantitative estimate of drug-likeness (QED) is 0.493. The molecule has 0 atom stereocenters. The van der Waals surface area contributed by atoms with Crippen molar-refractivity contribution in [1.82, 2.24) is 0 Å². The first-order valence-electron chi connectivity index (χ1n) is 6.93. The van der Waals surface area contributed by atoms with Crippen molar-refractivity contribution in [1.29, 1.82) is 0 Å². The Hall–Kier alpha value is -1.82. The van der Waals surface area contributed by atoms with E-state index in [1.54, 1.807) is 0 Å². The smallest absolute Gasteiger partial charge is 0.0175 e. The Bertz CT molecular complexity index is 730. The molecule has 0 saturated heterocycles. The van der Waals surface area contributed by atoms with E-state index in [0.717, 1.165) is 6.42 Å². The maximum atomic E-state index is 2.34. The normalized spacial score (nSPS) is 12.2. The highest BCUT2D eigenvalue weighted by molar-refractivity contribution is 5.98. The number of hydrogen-bond donors (Lipinski definition) is 0. The average Bonchev–Trinajstić information content (AvgIpc) is 2.34. The van der Waals surface area contributed by atoms with Gasteiger partial charge in [-0.15, -0.1) is 0 Å². The molecule has 0 N–H and O–H groups in total. The first kappa shape index (κ1) is 12.2. The van der Waals surface area contributed by atoms with Crippen molar-refractivity contribution in [2.45, 2.75) is 27.2 Å². The first-order chi connectivity index (χ1) is 9.01. The van der Waals surface area contributed by atoms with Crippen molar-refractivity contribution < 1.29 is 0 Å². The number of benzene rings is 3. The fraction of sp³-hybridized carbons (Fsp3) is 0.263. The minimum Gasteiger partial charge on any atom is -0.0616 e. The van der Waals surface area contributed by atoms with Gasteiger partial charge in [-0.1, -0.05) is 63.2 Å². The molecule has 19 heavy (non-hydrogen) atoms. The molecule has 0 aliphatic heterocycles. The summed E-state index contributed by atoms with van der Waals surface area (Å²) in [5, 5.41) is 5.32. The molecule has 0 aliphatic rings. The summed E-state index contributed by atoms with van der Waals surface area (Å²) in [5.74, 6) is 0. The highest BCUT2D eigenvalue weighted by Crippen LogP contribution is 2.26. The van der Waals surface area contributed by atoms with Crippen LogP contribution in [0.5, 0.6) is 0 Å². The van der Waals surface area contributed by atoms with E-state index in [4.69, 9.17) is 0 Å². The molecule has 0 heteroatoms. The van der Waals surface area contributed by atoms with Gasteiger partial charge >= 0.3 is 0 Å². The summed E-state index contributed by atoms with van der Waals surface area (Å²) < 4.78 is 0. The third-order valence-corrected chi connectivity index (χ3v) is 3.50. The van der Waals surface area contributed by atoms with Crippen LogP contribution in [0.15, 0.2) is 54.6 Å². The molecule has 0 aliphatic carbocycles. The molecule has 0 spiro atoms. The summed E-state index contributed by atoms with van der Waals surface area (Å²) in [7, 11) is 0. The van der Waals surface area contributed by atoms with Crippen LogP contribution in [0, 0.1) is 5.41 Å². The van der Waals surface area contributed by atoms with E-state index in [1.165, 1.54) is 27.1 Å². The molecule has 0 nitrogen and oxygen atoms in total. The lowest BCUT2D eigenvalue weighted by Gasteiger charge is -2.18. The largest absolute Gasteiger partial charge is 0.0616 e. The van der Waals surface area contributed by atoms with E-state index < -0.39 is 0 Å². The van der Waals surface area contributed by atoms with Gasteiger partial charge in [0.15, 0.2) is 0 Å². The molecule has 0 bridgehead atoms. The van der Waals surface area contributed by atoms with Crippen molar-refractivity contribution in [2.75, 3.05) is 0 Å². The van der Waals surface area contributed by atoms with Crippen molar-refractivity contribution in [2.24, 2.45) is 5.41 Å². The lowest BCUT2D eigenvalue weighted by atomic mass is 9.87. The summed E-state index contributed by atoms with van der Waals surface area (Å²) in [5.41, 5.74) is 1.76. The third-order valence-electron chi connectivity index (χ3n) is 3.50. The van der Waals surface area contributed by atoms with Crippen molar-refractivity contribution in [3.05, 3.63) is 60.2 Å². The van der Waals surface area contributed by atoms with Gasteiger partial charge in [0.05, 0.1) is 0 Å². The highest BCUT2D eigenvalue weighted by Gasteiger charge is 2.11. The standard InChI is InChI=1S/C19H20/c1-19(2,3)13-14-8-9-17-11-15-6-4-5-7-16(15)12-18(17)10-14/h4-12H,13H2,1-3H3. The van der Waals surface area contributed by atoms with Gasteiger partial charge in [-0.3, -0.25) is 0 Å². The Labute approximate surface area is 115 Å². The molecule has 0 unspecified atom stereocenters. The Balaban J connectivity index is 2.14. The van der Waals surface area contributed by atoms with Gasteiger partial charge in [0.2, 0.25) is 0 Å². The molecule has 96 valence electrons. The van der Waals surface area contributed by atoms with E-state index in [1.807, 2.05) is 0 Å². The topological polar surface area (TPSA) is 0 Å². The Morgan fingerprint density at radius 1 is 0.684 bits per heavy atom. The monoisotopic (exact) mass is 248 g/mol. The number of rotatable bonds is 1. The van der Waals surface area contributed by atoms with Gasteiger partial charge < -0.3 is 0 Å². The van der Waals surface area contributed by atoms with E-state index in [2.05, 4.69) is 75.4 Å². The molecule has 3 aromatic rings. The van der Waals surface area contributed by atoms with Crippen molar-refractivity contribution in [3.63, 3.8) is 0 Å². The maximum absolute atomic E-state index is 2.34. The molecule has 3 aromatic carbocycles. The zero-order valence-electron chi connectivity index (χ0n) is 11.9. The second-order valence-corrected chi connectivity index (χ2v) is 6.62. The SMILES string of the molecule is CC(C)(C)Cc1ccc2cc3ccccc3cc2c1. The van der Waals surface area contributed by atoms with Gasteiger partial charge in [-0.05, 0) is 51.1 Å². The summed E-state index contributed by atoms with van der Waals surface area (Å²) in [4.78, 5) is 0. The second-order valence-electron chi connectivity index (χ2n) is 6.62. The molecule has 0 fully saturated rings. The molecular weight excluding hydrogens is 228 g/mol. The van der Waals surface area contributed by atoms with E-state index in [0.29, 0.717) is 5.41 Å². The molecular formula is C19H20. The summed E-state index contributed by atoms with van der Waals surface area (Å²) >= 11 is 0. The van der Waals surface area contributed by atoms with Crippen LogP contribution in [0.1, 0.15) is 26.3 Å². The summed E-state index contributed by atoms with van der Waals surface area (Å²) in [6, 6.07) is 20.0. The van der Waals surface area contributed by atoms with Gasteiger partial charge in [0.1, 0.15) is 0 Å². The molecule has 0 aromatic heterocycles. The van der Waals surface area contributed by atoms with Crippen LogP contribution in [0.25, 0.3) is 21.5 Å². The molecule has 0 heterocycles. The zero-order chi connectivity index (χ0) is 13.5. The average molecular weight is 248 g/mol. The summed E-state index contributed by atoms with van der Waals surface area (Å²) in [6.45, 7) is 6.87. The Kier molecular flexibility index (Phi) is 2.82. The molecule has 0 saturated carbocycles. The van der Waals surface area contributed by atoms with Gasteiger partial charge in [-0.2, -0.15) is 0 Å². The first-order valence-corrected chi connectivity index (χ1v) is 6.93. The van der Waals surface area contributed by atoms with Crippen molar-refractivity contribution in [3.8, 4) is 0 Å². The van der Waals surface area contributed by atoms with E-state index in [9.17, 15) is 0 Å². The Morgan fingerprint density at radius 3 is 1.89 bits per heavy atom. The van der Waals surface area contributed by atoms with Crippen LogP contribution in [0.4, 0.5) is 0 Å². The minimum absolute atomic E-state index is 0.338. The van der Waals surface area contributed by atoms with Crippen LogP contribution in [0.3, 0.4) is 0 Å². The van der Waals surface area contributed by atoms with Gasteiger partial charge in [0.25, 0.3) is 0 Å². The molecule has 0 radical (unpaired) electrons. The zero-order valence-corrected chi connectivity index (χ0v) is 11.9. The number of fused-ring (bicyclic) bond motifs is 2. The predicted octanol–water partition coefficient (Wildman–Crippen LogP) is 5.58. The lowest BCUT2D eigenvalue weighted by Crippen LogP contribution is -2.08. The number of hydrogen-bond acceptors (Lipinski definition) is 0. The maximum Gasteiger partial charge on any atom is -0.0175 e.